The highest BCUT2D eigenvalue weighted by atomic mass is 15.3. The van der Waals surface area contributed by atoms with Crippen LogP contribution in [0.2, 0.25) is 0 Å². The van der Waals surface area contributed by atoms with Crippen LogP contribution in [0.4, 0.5) is 0 Å². The van der Waals surface area contributed by atoms with Crippen LogP contribution in [0, 0.1) is 6.92 Å². The minimum absolute atomic E-state index is 0.783. The Labute approximate surface area is 116 Å². The van der Waals surface area contributed by atoms with Crippen molar-refractivity contribution in [1.82, 2.24) is 35.3 Å². The fourth-order valence-electron chi connectivity index (χ4n) is 2.24. The van der Waals surface area contributed by atoms with Crippen LogP contribution in [0.1, 0.15) is 17.1 Å². The minimum atomic E-state index is 0.783. The summed E-state index contributed by atoms with van der Waals surface area (Å²) in [5.41, 5.74) is 3.09. The van der Waals surface area contributed by atoms with E-state index in [-0.39, 0.29) is 0 Å². The maximum absolute atomic E-state index is 4.46. The molecule has 0 fully saturated rings. The van der Waals surface area contributed by atoms with Crippen LogP contribution in [-0.2, 0) is 20.0 Å². The second kappa shape index (κ2) is 5.38. The summed E-state index contributed by atoms with van der Waals surface area (Å²) < 4.78 is 1.81. The van der Waals surface area contributed by atoms with Crippen molar-refractivity contribution in [2.24, 2.45) is 7.05 Å². The number of rotatable bonds is 5. The van der Waals surface area contributed by atoms with Crippen LogP contribution in [0.5, 0.6) is 0 Å². The highest BCUT2D eigenvalue weighted by Gasteiger charge is 2.06. The quantitative estimate of drug-likeness (QED) is 0.668. The van der Waals surface area contributed by atoms with E-state index in [0.29, 0.717) is 0 Å². The first-order chi connectivity index (χ1) is 9.74. The van der Waals surface area contributed by atoms with E-state index in [2.05, 4.69) is 36.6 Å². The summed E-state index contributed by atoms with van der Waals surface area (Å²) in [4.78, 5) is 8.55. The first-order valence-electron chi connectivity index (χ1n) is 6.57. The largest absolute Gasteiger partial charge is 0.312 e. The highest BCUT2D eigenvalue weighted by molar-refractivity contribution is 5.78. The van der Waals surface area contributed by atoms with Crippen LogP contribution >= 0.6 is 0 Å². The SMILES string of the molecule is Cc1nn(C)c2ncc(CNCCc3ncn[nH]3)cc12. The van der Waals surface area contributed by atoms with E-state index in [1.165, 1.54) is 6.33 Å². The molecule has 3 heterocycles. The van der Waals surface area contributed by atoms with Crippen molar-refractivity contribution in [1.29, 1.82) is 0 Å². The Balaban J connectivity index is 1.61. The van der Waals surface area contributed by atoms with Gasteiger partial charge in [-0.15, -0.1) is 0 Å². The van der Waals surface area contributed by atoms with Gasteiger partial charge in [0, 0.05) is 38.1 Å². The molecule has 3 rings (SSSR count). The van der Waals surface area contributed by atoms with Gasteiger partial charge in [-0.3, -0.25) is 9.78 Å². The highest BCUT2D eigenvalue weighted by Crippen LogP contribution is 2.16. The van der Waals surface area contributed by atoms with E-state index in [9.17, 15) is 0 Å². The Kier molecular flexibility index (Phi) is 3.42. The topological polar surface area (TPSA) is 84.3 Å². The van der Waals surface area contributed by atoms with Crippen molar-refractivity contribution < 1.29 is 0 Å². The zero-order valence-corrected chi connectivity index (χ0v) is 11.6. The van der Waals surface area contributed by atoms with E-state index < -0.39 is 0 Å². The number of aryl methyl sites for hydroxylation is 2. The molecule has 0 amide bonds. The predicted molar refractivity (Wildman–Crippen MR) is 75.0 cm³/mol. The Hall–Kier alpha value is -2.28. The van der Waals surface area contributed by atoms with Crippen molar-refractivity contribution >= 4 is 11.0 Å². The molecule has 7 nitrogen and oxygen atoms in total. The van der Waals surface area contributed by atoms with Gasteiger partial charge in [-0.2, -0.15) is 10.2 Å². The predicted octanol–water partition coefficient (Wildman–Crippen LogP) is 0.727. The smallest absolute Gasteiger partial charge is 0.157 e. The third-order valence-corrected chi connectivity index (χ3v) is 3.25. The molecule has 0 radical (unpaired) electrons. The van der Waals surface area contributed by atoms with Crippen molar-refractivity contribution in [2.45, 2.75) is 19.9 Å². The molecule has 0 spiro atoms. The van der Waals surface area contributed by atoms with E-state index >= 15 is 0 Å². The Morgan fingerprint density at radius 1 is 1.35 bits per heavy atom. The van der Waals surface area contributed by atoms with Crippen LogP contribution in [0.15, 0.2) is 18.6 Å². The number of pyridine rings is 1. The van der Waals surface area contributed by atoms with Gasteiger partial charge in [0.05, 0.1) is 5.69 Å². The lowest BCUT2D eigenvalue weighted by atomic mass is 10.2. The summed E-state index contributed by atoms with van der Waals surface area (Å²) in [5.74, 6) is 0.897. The van der Waals surface area contributed by atoms with Gasteiger partial charge < -0.3 is 5.32 Å². The first kappa shape index (κ1) is 12.7. The normalized spacial score (nSPS) is 11.3. The molecular formula is C13H17N7. The van der Waals surface area contributed by atoms with Crippen LogP contribution in [0.3, 0.4) is 0 Å². The fourth-order valence-corrected chi connectivity index (χ4v) is 2.24. The third-order valence-electron chi connectivity index (χ3n) is 3.25. The van der Waals surface area contributed by atoms with E-state index in [1.54, 1.807) is 0 Å². The standard InChI is InChI=1S/C13H17N7/c1-9-11-5-10(7-15-13(11)20(2)19-9)6-14-4-3-12-16-8-17-18-12/h5,7-8,14H,3-4,6H2,1-2H3,(H,16,17,18). The van der Waals surface area contributed by atoms with Gasteiger partial charge in [0.1, 0.15) is 12.2 Å². The van der Waals surface area contributed by atoms with E-state index in [1.807, 2.05) is 24.9 Å². The van der Waals surface area contributed by atoms with Crippen LogP contribution in [0.25, 0.3) is 11.0 Å². The molecule has 3 aromatic heterocycles. The molecule has 0 bridgehead atoms. The summed E-state index contributed by atoms with van der Waals surface area (Å²) in [6.07, 6.45) is 4.25. The third kappa shape index (κ3) is 2.53. The lowest BCUT2D eigenvalue weighted by Crippen LogP contribution is -2.17. The number of hydrogen-bond acceptors (Lipinski definition) is 5. The molecule has 0 unspecified atom stereocenters. The van der Waals surface area contributed by atoms with Gasteiger partial charge >= 0.3 is 0 Å². The number of nitrogens with one attached hydrogen (secondary N) is 2. The first-order valence-corrected chi connectivity index (χ1v) is 6.57. The van der Waals surface area contributed by atoms with Gasteiger partial charge in [-0.1, -0.05) is 0 Å². The second-order valence-corrected chi connectivity index (χ2v) is 4.78. The summed E-state index contributed by atoms with van der Waals surface area (Å²) in [5, 5.41) is 15.5. The van der Waals surface area contributed by atoms with E-state index in [0.717, 1.165) is 47.6 Å². The maximum atomic E-state index is 4.46. The minimum Gasteiger partial charge on any atom is -0.312 e. The van der Waals surface area contributed by atoms with Gasteiger partial charge in [0.25, 0.3) is 0 Å². The molecule has 0 aromatic carbocycles. The molecule has 0 atom stereocenters. The molecule has 7 heteroatoms. The van der Waals surface area contributed by atoms with Crippen molar-refractivity contribution in [3.8, 4) is 0 Å². The lowest BCUT2D eigenvalue weighted by Gasteiger charge is -2.04. The van der Waals surface area contributed by atoms with Gasteiger partial charge in [0.2, 0.25) is 0 Å². The number of fused-ring (bicyclic) bond motifs is 1. The zero-order valence-electron chi connectivity index (χ0n) is 11.6. The average Bonchev–Trinajstić information content (AvgIpc) is 3.05. The number of H-pyrrole nitrogens is 1. The summed E-state index contributed by atoms with van der Waals surface area (Å²) in [7, 11) is 1.91. The van der Waals surface area contributed by atoms with Crippen molar-refractivity contribution in [3.05, 3.63) is 35.7 Å². The molecule has 0 saturated heterocycles. The average molecular weight is 271 g/mol. The molecule has 2 N–H and O–H groups in total. The molecule has 104 valence electrons. The summed E-state index contributed by atoms with van der Waals surface area (Å²) >= 11 is 0. The zero-order chi connectivity index (χ0) is 13.9. The fraction of sp³-hybridized carbons (Fsp3) is 0.385. The Bertz CT molecular complexity index is 699. The monoisotopic (exact) mass is 271 g/mol. The van der Waals surface area contributed by atoms with E-state index in [4.69, 9.17) is 0 Å². The molecule has 0 aliphatic rings. The van der Waals surface area contributed by atoms with Crippen molar-refractivity contribution in [2.75, 3.05) is 6.54 Å². The molecule has 0 saturated carbocycles. The molecular weight excluding hydrogens is 254 g/mol. The van der Waals surface area contributed by atoms with Crippen LogP contribution in [-0.4, -0.2) is 36.5 Å². The van der Waals surface area contributed by atoms with Gasteiger partial charge in [-0.05, 0) is 18.6 Å². The molecule has 20 heavy (non-hydrogen) atoms. The molecule has 0 aliphatic carbocycles. The summed E-state index contributed by atoms with van der Waals surface area (Å²) in [6, 6.07) is 2.14. The number of aromatic nitrogens is 6. The molecule has 0 aliphatic heterocycles. The number of nitrogens with zero attached hydrogens (tertiary/aromatic N) is 5. The van der Waals surface area contributed by atoms with Crippen LogP contribution < -0.4 is 5.32 Å². The molecule has 3 aromatic rings. The maximum Gasteiger partial charge on any atom is 0.157 e. The van der Waals surface area contributed by atoms with Crippen molar-refractivity contribution in [3.63, 3.8) is 0 Å². The Morgan fingerprint density at radius 2 is 2.25 bits per heavy atom. The van der Waals surface area contributed by atoms with Gasteiger partial charge in [-0.25, -0.2) is 9.97 Å². The number of hydrogen-bond donors (Lipinski definition) is 2. The van der Waals surface area contributed by atoms with Gasteiger partial charge in [0.15, 0.2) is 5.65 Å². The number of aromatic amines is 1. The lowest BCUT2D eigenvalue weighted by molar-refractivity contribution is 0.670. The summed E-state index contributed by atoms with van der Waals surface area (Å²) in [6.45, 7) is 3.63. The Morgan fingerprint density at radius 3 is 3.05 bits per heavy atom. The second-order valence-electron chi connectivity index (χ2n) is 4.78.